The molecule has 0 aromatic rings. The molecule has 1 atom stereocenters. The van der Waals surface area contributed by atoms with Crippen LogP contribution in [0.3, 0.4) is 0 Å². The lowest BCUT2D eigenvalue weighted by Crippen LogP contribution is -2.60. The molecule has 1 unspecified atom stereocenters. The first-order chi connectivity index (χ1) is 14.5. The van der Waals surface area contributed by atoms with Gasteiger partial charge in [-0.05, 0) is 44.7 Å². The number of halogens is 2. The van der Waals surface area contributed by atoms with Gasteiger partial charge in [0.1, 0.15) is 0 Å². The van der Waals surface area contributed by atoms with Crippen LogP contribution in [0.15, 0.2) is 0 Å². The molecule has 3 rings (SSSR count). The number of nitrogens with zero attached hydrogens (tertiary/aromatic N) is 2. The minimum atomic E-state index is -1.41. The zero-order valence-electron chi connectivity index (χ0n) is 19.6. The van der Waals surface area contributed by atoms with Crippen LogP contribution >= 0.6 is 24.8 Å². The number of nitrogens with one attached hydrogen (secondary N) is 2. The monoisotopic (exact) mass is 496 g/mol. The third kappa shape index (κ3) is 8.29. The topological polar surface area (TPSA) is 83.1 Å². The molecule has 0 spiro atoms. The zero-order valence-corrected chi connectivity index (χ0v) is 21.2. The van der Waals surface area contributed by atoms with E-state index in [2.05, 4.69) is 15.5 Å². The average Bonchev–Trinajstić information content (AvgIpc) is 2.75. The predicted octanol–water partition coefficient (Wildman–Crippen LogP) is 2.50. The van der Waals surface area contributed by atoms with E-state index in [4.69, 9.17) is 9.57 Å². The highest BCUT2D eigenvalue weighted by Gasteiger charge is 2.45. The normalized spacial score (nSPS) is 23.5. The van der Waals surface area contributed by atoms with Crippen molar-refractivity contribution in [1.82, 2.24) is 20.6 Å². The van der Waals surface area contributed by atoms with Gasteiger partial charge in [-0.2, -0.15) is 0 Å². The zero-order chi connectivity index (χ0) is 21.4. The molecule has 0 bridgehead atoms. The second kappa shape index (κ2) is 14.6. The summed E-state index contributed by atoms with van der Waals surface area (Å²) in [4.78, 5) is 33.0. The number of ether oxygens (including phenoxy) is 1. The molecular weight excluding hydrogens is 455 g/mol. The molecular formula is C22H42Cl2N4O4. The summed E-state index contributed by atoms with van der Waals surface area (Å²) in [5, 5.41) is 7.86. The van der Waals surface area contributed by atoms with Gasteiger partial charge in [0.2, 0.25) is 12.1 Å². The van der Waals surface area contributed by atoms with Crippen LogP contribution < -0.4 is 10.6 Å². The second-order valence-corrected chi connectivity index (χ2v) is 9.39. The quantitative estimate of drug-likeness (QED) is 0.374. The maximum atomic E-state index is 13.3. The van der Waals surface area contributed by atoms with Crippen molar-refractivity contribution in [2.45, 2.75) is 83.1 Å². The van der Waals surface area contributed by atoms with Crippen molar-refractivity contribution >= 4 is 37.2 Å². The third-order valence-corrected chi connectivity index (χ3v) is 6.55. The van der Waals surface area contributed by atoms with Gasteiger partial charge in [0, 0.05) is 38.6 Å². The van der Waals surface area contributed by atoms with Crippen LogP contribution in [0.1, 0.15) is 65.2 Å². The Morgan fingerprint density at radius 2 is 1.69 bits per heavy atom. The van der Waals surface area contributed by atoms with Crippen molar-refractivity contribution in [2.24, 2.45) is 5.92 Å². The standard InChI is InChI=1S/C22H40N4O4.2ClH/c1-18(2)16-22(24-17-27,29-20-6-4-3-5-7-20)21(28)30-26-14-12-25(13-15-26)19-8-10-23-11-9-19;;/h17-20,23H,3-16H2,1-2H3,(H,24,27);2*1H. The molecule has 0 aromatic heterocycles. The Bertz CT molecular complexity index is 552. The lowest BCUT2D eigenvalue weighted by Gasteiger charge is -2.41. The van der Waals surface area contributed by atoms with E-state index in [1.54, 1.807) is 5.06 Å². The molecule has 1 saturated carbocycles. The molecule has 3 fully saturated rings. The van der Waals surface area contributed by atoms with Gasteiger partial charge in [-0.3, -0.25) is 9.69 Å². The Kier molecular flexibility index (Phi) is 13.4. The van der Waals surface area contributed by atoms with E-state index in [-0.39, 0.29) is 36.8 Å². The van der Waals surface area contributed by atoms with Crippen LogP contribution in [-0.4, -0.2) is 79.5 Å². The molecule has 32 heavy (non-hydrogen) atoms. The SMILES string of the molecule is CC(C)CC(NC=O)(OC1CCCCC1)C(=O)ON1CCN(C2CCNCC2)CC1.Cl.Cl. The molecule has 3 aliphatic rings. The molecule has 2 saturated heterocycles. The highest BCUT2D eigenvalue weighted by atomic mass is 35.5. The van der Waals surface area contributed by atoms with Crippen molar-refractivity contribution in [3.05, 3.63) is 0 Å². The van der Waals surface area contributed by atoms with Gasteiger partial charge >= 0.3 is 5.97 Å². The summed E-state index contributed by atoms with van der Waals surface area (Å²) >= 11 is 0. The number of hydrogen-bond donors (Lipinski definition) is 2. The van der Waals surface area contributed by atoms with E-state index in [1.807, 2.05) is 13.8 Å². The summed E-state index contributed by atoms with van der Waals surface area (Å²) in [5.41, 5.74) is -1.41. The fraction of sp³-hybridized carbons (Fsp3) is 0.909. The van der Waals surface area contributed by atoms with Gasteiger partial charge in [-0.1, -0.05) is 33.1 Å². The van der Waals surface area contributed by atoms with E-state index in [9.17, 15) is 9.59 Å². The summed E-state index contributed by atoms with van der Waals surface area (Å²) < 4.78 is 6.29. The Morgan fingerprint density at radius 3 is 2.25 bits per heavy atom. The minimum Gasteiger partial charge on any atom is -0.364 e. The average molecular weight is 498 g/mol. The smallest absolute Gasteiger partial charge is 0.364 e. The molecule has 1 amide bonds. The van der Waals surface area contributed by atoms with Crippen LogP contribution in [0.25, 0.3) is 0 Å². The van der Waals surface area contributed by atoms with E-state index in [0.29, 0.717) is 32.0 Å². The lowest BCUT2D eigenvalue weighted by atomic mass is 9.95. The van der Waals surface area contributed by atoms with Gasteiger partial charge in [0.25, 0.3) is 0 Å². The summed E-state index contributed by atoms with van der Waals surface area (Å²) in [7, 11) is 0. The van der Waals surface area contributed by atoms with Crippen LogP contribution in [0.4, 0.5) is 0 Å². The lowest BCUT2D eigenvalue weighted by molar-refractivity contribution is -0.235. The van der Waals surface area contributed by atoms with Crippen molar-refractivity contribution in [3.8, 4) is 0 Å². The van der Waals surface area contributed by atoms with E-state index in [1.165, 1.54) is 19.3 Å². The third-order valence-electron chi connectivity index (χ3n) is 6.55. The molecule has 8 nitrogen and oxygen atoms in total. The summed E-state index contributed by atoms with van der Waals surface area (Å²) in [5.74, 6) is -0.325. The van der Waals surface area contributed by atoms with Crippen molar-refractivity contribution < 1.29 is 19.2 Å². The van der Waals surface area contributed by atoms with Crippen molar-refractivity contribution in [2.75, 3.05) is 39.3 Å². The molecule has 2 aliphatic heterocycles. The number of hydrogen-bond acceptors (Lipinski definition) is 7. The van der Waals surface area contributed by atoms with Gasteiger partial charge in [-0.25, -0.2) is 4.79 Å². The van der Waals surface area contributed by atoms with Crippen LogP contribution in [0, 0.1) is 5.92 Å². The minimum absolute atomic E-state index is 0. The fourth-order valence-corrected chi connectivity index (χ4v) is 4.99. The molecule has 2 heterocycles. The van der Waals surface area contributed by atoms with Crippen molar-refractivity contribution in [3.63, 3.8) is 0 Å². The number of hydroxylamine groups is 2. The van der Waals surface area contributed by atoms with E-state index in [0.717, 1.165) is 51.9 Å². The van der Waals surface area contributed by atoms with Crippen LogP contribution in [-0.2, 0) is 19.2 Å². The van der Waals surface area contributed by atoms with Gasteiger partial charge in [-0.15, -0.1) is 29.9 Å². The first-order valence-corrected chi connectivity index (χ1v) is 11.8. The predicted molar refractivity (Wildman–Crippen MR) is 129 cm³/mol. The highest BCUT2D eigenvalue weighted by Crippen LogP contribution is 2.29. The fourth-order valence-electron chi connectivity index (χ4n) is 4.99. The summed E-state index contributed by atoms with van der Waals surface area (Å²) in [6.45, 7) is 9.34. The van der Waals surface area contributed by atoms with Gasteiger partial charge in [0.15, 0.2) is 0 Å². The number of carbonyl (C=O) groups excluding carboxylic acids is 2. The second-order valence-electron chi connectivity index (χ2n) is 9.39. The van der Waals surface area contributed by atoms with Gasteiger partial charge in [0.05, 0.1) is 6.10 Å². The number of amides is 1. The summed E-state index contributed by atoms with van der Waals surface area (Å²) in [6.07, 6.45) is 8.53. The van der Waals surface area contributed by atoms with E-state index < -0.39 is 11.7 Å². The number of carbonyl (C=O) groups is 2. The van der Waals surface area contributed by atoms with Crippen LogP contribution in [0.2, 0.25) is 0 Å². The summed E-state index contributed by atoms with van der Waals surface area (Å²) in [6, 6.07) is 0.621. The molecule has 2 N–H and O–H groups in total. The Hall–Kier alpha value is -0.640. The van der Waals surface area contributed by atoms with E-state index >= 15 is 0 Å². The number of piperazine rings is 1. The number of piperidine rings is 1. The first-order valence-electron chi connectivity index (χ1n) is 11.8. The number of rotatable bonds is 9. The highest BCUT2D eigenvalue weighted by molar-refractivity contribution is 5.85. The van der Waals surface area contributed by atoms with Crippen LogP contribution in [0.5, 0.6) is 0 Å². The molecule has 0 radical (unpaired) electrons. The Morgan fingerprint density at radius 1 is 1.06 bits per heavy atom. The Balaban J connectivity index is 0.00000256. The first kappa shape index (κ1) is 29.4. The molecule has 10 heteroatoms. The van der Waals surface area contributed by atoms with Crippen molar-refractivity contribution in [1.29, 1.82) is 0 Å². The maximum absolute atomic E-state index is 13.3. The Labute approximate surface area is 205 Å². The molecule has 0 aromatic carbocycles. The van der Waals surface area contributed by atoms with Gasteiger partial charge < -0.3 is 20.2 Å². The maximum Gasteiger partial charge on any atom is 0.378 e. The molecule has 188 valence electrons. The molecule has 1 aliphatic carbocycles. The largest absolute Gasteiger partial charge is 0.378 e.